The molecule has 0 aliphatic heterocycles. The van der Waals surface area contributed by atoms with Crippen molar-refractivity contribution in [3.63, 3.8) is 0 Å². The summed E-state index contributed by atoms with van der Waals surface area (Å²) in [7, 11) is -13.9. The van der Waals surface area contributed by atoms with Gasteiger partial charge in [0, 0.05) is 21.2 Å². The van der Waals surface area contributed by atoms with Crippen molar-refractivity contribution in [1.29, 1.82) is 0 Å². The summed E-state index contributed by atoms with van der Waals surface area (Å²) < 4.78 is 404. The number of hydrogen-bond donors (Lipinski definition) is 0. The first-order valence-electron chi connectivity index (χ1n) is 22.3. The maximum Gasteiger partial charge on any atom is 0.416 e. The van der Waals surface area contributed by atoms with Gasteiger partial charge >= 0.3 is 49.4 Å². The van der Waals surface area contributed by atoms with Crippen LogP contribution < -0.4 is 21.2 Å². The number of alkyl halides is 24. The van der Waals surface area contributed by atoms with Crippen LogP contribution in [0.15, 0.2) is 133 Å². The number of ether oxygens (including phenoxy) is 2. The Morgan fingerprint density at radius 2 is 0.598 bits per heavy atom. The molecule has 0 unspecified atom stereocenters. The number of benzene rings is 6. The predicted octanol–water partition coefficient (Wildman–Crippen LogP) is 16.5. The van der Waals surface area contributed by atoms with E-state index >= 15 is 9.13 Å². The van der Waals surface area contributed by atoms with Crippen LogP contribution >= 0.6 is 14.7 Å². The summed E-state index contributed by atoms with van der Waals surface area (Å²) in [6, 6.07) is 5.33. The second-order valence-electron chi connectivity index (χ2n) is 17.6. The average Bonchev–Trinajstić information content (AvgIpc) is 2.53. The van der Waals surface area contributed by atoms with E-state index in [9.17, 15) is 105 Å². The highest BCUT2D eigenvalue weighted by Gasteiger charge is 2.54. The molecule has 0 amide bonds. The Kier molecular flexibility index (Phi) is 18.1. The molecule has 6 aromatic rings. The molecule has 6 nitrogen and oxygen atoms in total. The fourth-order valence-electron chi connectivity index (χ4n) is 7.55. The van der Waals surface area contributed by atoms with Gasteiger partial charge in [0.15, 0.2) is 0 Å². The molecule has 0 saturated heterocycles. The van der Waals surface area contributed by atoms with Crippen molar-refractivity contribution in [3.8, 4) is 0 Å². The van der Waals surface area contributed by atoms with E-state index in [1.54, 1.807) is 0 Å². The SMILES string of the molecule is C[C@@H](OP(=O)(c1cc(C(F)(F)F)cc(C(F)(F)F)c1)c1cc(C(F)(F)F)cc(C(F)(F)F)c1)[C@](COCc1ccccc1)(OCc1ccccc1)OP(=O)(c1cc(C(F)(F)F)cc(C(F)(F)F)c1)c1cc(C(F)(F)F)cc(C(F)(F)F)c1. The molecule has 0 aromatic heterocycles. The first kappa shape index (κ1) is 65.1. The van der Waals surface area contributed by atoms with Crippen molar-refractivity contribution < 1.29 is 133 Å². The van der Waals surface area contributed by atoms with Crippen molar-refractivity contribution in [3.05, 3.63) is 189 Å². The number of rotatable bonds is 16. The van der Waals surface area contributed by atoms with Gasteiger partial charge in [-0.05, 0) is 90.8 Å². The van der Waals surface area contributed by atoms with Crippen molar-refractivity contribution in [2.24, 2.45) is 0 Å². The van der Waals surface area contributed by atoms with E-state index in [1.165, 1.54) is 48.5 Å². The average molecular weight is 1250 g/mol. The quantitative estimate of drug-likeness (QED) is 0.0546. The lowest BCUT2D eigenvalue weighted by molar-refractivity contribution is -0.258. The van der Waals surface area contributed by atoms with Gasteiger partial charge in [-0.1, -0.05) is 60.7 Å². The van der Waals surface area contributed by atoms with Crippen LogP contribution in [0, 0.1) is 0 Å². The zero-order valence-electron chi connectivity index (χ0n) is 40.3. The number of hydrogen-bond acceptors (Lipinski definition) is 6. The molecule has 0 saturated carbocycles. The van der Waals surface area contributed by atoms with Crippen LogP contribution in [0.3, 0.4) is 0 Å². The van der Waals surface area contributed by atoms with Crippen LogP contribution in [0.1, 0.15) is 62.6 Å². The topological polar surface area (TPSA) is 71.1 Å². The Morgan fingerprint density at radius 3 is 0.854 bits per heavy atom. The van der Waals surface area contributed by atoms with Gasteiger partial charge in [-0.25, -0.2) is 0 Å². The maximum atomic E-state index is 16.2. The van der Waals surface area contributed by atoms with Crippen LogP contribution in [0.2, 0.25) is 0 Å². The van der Waals surface area contributed by atoms with Crippen LogP contribution in [-0.2, 0) is 90.3 Å². The van der Waals surface area contributed by atoms with Gasteiger partial charge in [-0.3, -0.25) is 13.7 Å². The third kappa shape index (κ3) is 15.4. The first-order chi connectivity index (χ1) is 37.3. The fourth-order valence-corrected chi connectivity index (χ4v) is 12.4. The van der Waals surface area contributed by atoms with E-state index in [-0.39, 0.29) is 18.1 Å². The Morgan fingerprint density at radius 1 is 0.354 bits per heavy atom. The largest absolute Gasteiger partial charge is 0.416 e. The van der Waals surface area contributed by atoms with Crippen LogP contribution in [0.5, 0.6) is 0 Å². The summed E-state index contributed by atoms with van der Waals surface area (Å²) in [5.74, 6) is -4.03. The molecule has 0 spiro atoms. The molecule has 0 aliphatic carbocycles. The molecule has 32 heteroatoms. The van der Waals surface area contributed by atoms with Crippen molar-refractivity contribution >= 4 is 36.0 Å². The molecule has 0 N–H and O–H groups in total. The van der Waals surface area contributed by atoms with Gasteiger partial charge < -0.3 is 14.0 Å². The van der Waals surface area contributed by atoms with E-state index in [0.29, 0.717) is 0 Å². The first-order valence-corrected chi connectivity index (χ1v) is 25.6. The zero-order valence-corrected chi connectivity index (χ0v) is 42.1. The summed E-state index contributed by atoms with van der Waals surface area (Å²) in [4.78, 5) is 0. The molecule has 82 heavy (non-hydrogen) atoms. The zero-order chi connectivity index (χ0) is 61.7. The second-order valence-corrected chi connectivity index (χ2v) is 22.2. The summed E-state index contributed by atoms with van der Waals surface area (Å²) in [6.07, 6.45) is -51.3. The van der Waals surface area contributed by atoms with E-state index in [1.807, 2.05) is 0 Å². The Hall–Kier alpha value is -6.06. The minimum atomic E-state index is -7.02. The maximum absolute atomic E-state index is 16.2. The molecule has 0 heterocycles. The lowest BCUT2D eigenvalue weighted by Crippen LogP contribution is -2.52. The van der Waals surface area contributed by atoms with Gasteiger partial charge in [0.2, 0.25) is 5.79 Å². The van der Waals surface area contributed by atoms with E-state index < -0.39 is 234 Å². The van der Waals surface area contributed by atoms with E-state index in [2.05, 4.69) is 0 Å². The van der Waals surface area contributed by atoms with Gasteiger partial charge in [-0.2, -0.15) is 105 Å². The molecular weight excluding hydrogens is 1210 g/mol. The third-order valence-electron chi connectivity index (χ3n) is 11.6. The van der Waals surface area contributed by atoms with Gasteiger partial charge in [-0.15, -0.1) is 0 Å². The van der Waals surface area contributed by atoms with Crippen molar-refractivity contribution in [1.82, 2.24) is 0 Å². The summed E-state index contributed by atoms with van der Waals surface area (Å²) in [5.41, 5.74) is -20.2. The van der Waals surface area contributed by atoms with E-state index in [4.69, 9.17) is 18.5 Å². The van der Waals surface area contributed by atoms with Crippen LogP contribution in [0.4, 0.5) is 105 Å². The highest BCUT2D eigenvalue weighted by atomic mass is 31.2. The standard InChI is InChI=1S/C50H32F24O6P2/c1-27(79-81(75,38-16-30(43(51,52)53)12-31(17-38)44(54,55)56)39-18-32(45(57,58)59)13-33(19-39)46(60,61)62)42(78-25-29-10-6-3-7-11-29,26-77-24-28-8-4-2-5-9-28)80-82(76,40-20-34(47(63,64)65)14-35(21-40)48(66,67)68)41-22-36(49(69,70)71)15-37(23-41)50(72,73)74/h2-23,27H,24-26H2,1H3/t27-,42-/m1/s1. The van der Waals surface area contributed by atoms with Crippen molar-refractivity contribution in [2.75, 3.05) is 6.61 Å². The second kappa shape index (κ2) is 22.8. The Balaban J connectivity index is 1.83. The molecule has 0 fully saturated rings. The van der Waals surface area contributed by atoms with Crippen LogP contribution in [0.25, 0.3) is 0 Å². The lowest BCUT2D eigenvalue weighted by atomic mass is 10.1. The summed E-state index contributed by atoms with van der Waals surface area (Å²) >= 11 is 0. The number of halogens is 24. The van der Waals surface area contributed by atoms with Gasteiger partial charge in [0.05, 0.1) is 57.7 Å². The highest BCUT2D eigenvalue weighted by molar-refractivity contribution is 7.74. The Labute approximate surface area is 445 Å². The van der Waals surface area contributed by atoms with Gasteiger partial charge in [0.25, 0.3) is 14.7 Å². The smallest absolute Gasteiger partial charge is 0.371 e. The van der Waals surface area contributed by atoms with Gasteiger partial charge in [0.1, 0.15) is 12.7 Å². The van der Waals surface area contributed by atoms with Crippen LogP contribution in [-0.4, -0.2) is 18.5 Å². The highest BCUT2D eigenvalue weighted by Crippen LogP contribution is 2.57. The molecule has 446 valence electrons. The Bertz CT molecular complexity index is 3040. The van der Waals surface area contributed by atoms with E-state index in [0.717, 1.165) is 12.1 Å². The molecule has 6 aromatic carbocycles. The monoisotopic (exact) mass is 1250 g/mol. The minimum Gasteiger partial charge on any atom is -0.371 e. The molecule has 0 radical (unpaired) electrons. The molecular formula is C50H32F24O6P2. The summed E-state index contributed by atoms with van der Waals surface area (Å²) in [6.45, 7) is -3.79. The molecule has 6 rings (SSSR count). The third-order valence-corrected chi connectivity index (χ3v) is 16.5. The lowest BCUT2D eigenvalue weighted by Gasteiger charge is -2.42. The fraction of sp³-hybridized carbons (Fsp3) is 0.280. The minimum absolute atomic E-state index is 0.00886. The molecule has 0 aliphatic rings. The predicted molar refractivity (Wildman–Crippen MR) is 241 cm³/mol. The molecule has 0 bridgehead atoms. The van der Waals surface area contributed by atoms with Crippen molar-refractivity contribution in [2.45, 2.75) is 81.4 Å². The summed E-state index contributed by atoms with van der Waals surface area (Å²) in [5, 5.41) is -8.51. The normalized spacial score (nSPS) is 14.9. The molecule has 2 atom stereocenters.